The lowest BCUT2D eigenvalue weighted by Crippen LogP contribution is -2.24. The maximum Gasteiger partial charge on any atom is 0.417 e. The number of nitrogens with one attached hydrogen (secondary N) is 1. The topological polar surface area (TPSA) is 84.5 Å². The number of carbonyl (C=O) groups is 2. The Morgan fingerprint density at radius 2 is 1.80 bits per heavy atom. The van der Waals surface area contributed by atoms with Crippen LogP contribution in [-0.2, 0) is 24.4 Å². The predicted molar refractivity (Wildman–Crippen MR) is 159 cm³/mol. The molecule has 4 heterocycles. The molecule has 0 aliphatic carbocycles. The minimum Gasteiger partial charge on any atom is -0.372 e. The molecule has 0 radical (unpaired) electrons. The van der Waals surface area contributed by atoms with Gasteiger partial charge in [-0.05, 0) is 43.7 Å². The molecule has 2 aromatic carbocycles. The number of aryl methyl sites for hydroxylation is 2. The van der Waals surface area contributed by atoms with E-state index in [4.69, 9.17) is 0 Å². The van der Waals surface area contributed by atoms with Crippen LogP contribution in [0.5, 0.6) is 0 Å². The Morgan fingerprint density at radius 1 is 1.09 bits per heavy atom. The van der Waals surface area contributed by atoms with Gasteiger partial charge >= 0.3 is 6.18 Å². The van der Waals surface area contributed by atoms with Crippen molar-refractivity contribution in [3.05, 3.63) is 88.8 Å². The van der Waals surface area contributed by atoms with Gasteiger partial charge in [-0.2, -0.15) is 13.2 Å². The Kier molecular flexibility index (Phi) is 7.21. The summed E-state index contributed by atoms with van der Waals surface area (Å²) < 4.78 is 77.1. The third-order valence-corrected chi connectivity index (χ3v) is 8.01. The molecule has 6 rings (SSSR count). The number of likely N-dealkylation sites (N-methyl/N-ethyl adjacent to an activating group) is 1. The quantitative estimate of drug-likeness (QED) is 0.135. The lowest BCUT2D eigenvalue weighted by atomic mass is 9.93. The van der Waals surface area contributed by atoms with Gasteiger partial charge in [0.25, 0.3) is 0 Å². The van der Waals surface area contributed by atoms with Gasteiger partial charge in [-0.25, -0.2) is 18.7 Å². The normalized spacial score (nSPS) is 13.4. The van der Waals surface area contributed by atoms with E-state index in [1.54, 1.807) is 37.4 Å². The van der Waals surface area contributed by atoms with Gasteiger partial charge < -0.3 is 14.8 Å². The largest absolute Gasteiger partial charge is 0.417 e. The minimum absolute atomic E-state index is 0.102. The number of hydrogen-bond acceptors (Lipinski definition) is 5. The highest BCUT2D eigenvalue weighted by Crippen LogP contribution is 2.48. The highest BCUT2D eigenvalue weighted by Gasteiger charge is 2.39. The summed E-state index contributed by atoms with van der Waals surface area (Å²) in [6.45, 7) is 3.75. The number of halogens is 5. The fourth-order valence-corrected chi connectivity index (χ4v) is 5.77. The lowest BCUT2D eigenvalue weighted by molar-refractivity contribution is -0.137. The number of rotatable bonds is 5. The molecule has 0 saturated carbocycles. The van der Waals surface area contributed by atoms with Crippen molar-refractivity contribution >= 4 is 39.6 Å². The van der Waals surface area contributed by atoms with E-state index < -0.39 is 40.8 Å². The van der Waals surface area contributed by atoms with Crippen molar-refractivity contribution < 1.29 is 31.5 Å². The molecule has 0 unspecified atom stereocenters. The van der Waals surface area contributed by atoms with Crippen molar-refractivity contribution in [1.82, 2.24) is 18.9 Å². The molecule has 0 saturated heterocycles. The van der Waals surface area contributed by atoms with E-state index in [1.165, 1.54) is 28.8 Å². The zero-order valence-electron chi connectivity index (χ0n) is 24.7. The zero-order valence-corrected chi connectivity index (χ0v) is 24.7. The number of hydrogen-bond donors (Lipinski definition) is 1. The molecule has 0 bridgehead atoms. The molecule has 1 aliphatic rings. The van der Waals surface area contributed by atoms with E-state index in [2.05, 4.69) is 15.3 Å². The van der Waals surface area contributed by atoms with Crippen LogP contribution >= 0.6 is 0 Å². The molecule has 45 heavy (non-hydrogen) atoms. The zero-order chi connectivity index (χ0) is 32.4. The first-order chi connectivity index (χ1) is 21.3. The molecular formula is C32H27F5N6O2. The molecule has 3 aromatic heterocycles. The van der Waals surface area contributed by atoms with Gasteiger partial charge in [0, 0.05) is 49.9 Å². The smallest absolute Gasteiger partial charge is 0.372 e. The third-order valence-electron chi connectivity index (χ3n) is 8.01. The number of ketones is 1. The van der Waals surface area contributed by atoms with Gasteiger partial charge in [-0.3, -0.25) is 14.0 Å². The molecule has 1 amide bonds. The number of benzene rings is 2. The first-order valence-electron chi connectivity index (χ1n) is 14.1. The maximum absolute atomic E-state index is 15.0. The van der Waals surface area contributed by atoms with Gasteiger partial charge in [0.15, 0.2) is 5.82 Å². The lowest BCUT2D eigenvalue weighted by Gasteiger charge is -2.28. The van der Waals surface area contributed by atoms with Crippen molar-refractivity contribution in [3.8, 4) is 11.1 Å². The standard InChI is InChI=1S/C32H27F5N6O2/c1-5-6-9-24(44)40-26-20(33)13-17(14-21(26)34)30(45)31-39-22-10-12-41(3)29-25(18-8-7-11-43(31)28(18)22)19(32(35,36)37)15-23-27(29)38-16(2)42(23)4/h6-9,11,13-15H,5,10,12H2,1-4H3,(H,40,44)/b9-6+. The van der Waals surface area contributed by atoms with Crippen LogP contribution in [0.4, 0.5) is 33.3 Å². The van der Waals surface area contributed by atoms with Crippen molar-refractivity contribution in [1.29, 1.82) is 0 Å². The minimum atomic E-state index is -4.74. The van der Waals surface area contributed by atoms with Gasteiger partial charge in [-0.15, -0.1) is 0 Å². The van der Waals surface area contributed by atoms with Crippen LogP contribution in [0.25, 0.3) is 27.7 Å². The van der Waals surface area contributed by atoms with Gasteiger partial charge in [-0.1, -0.05) is 19.1 Å². The number of aromatic nitrogens is 4. The van der Waals surface area contributed by atoms with Gasteiger partial charge in [0.05, 0.1) is 28.0 Å². The van der Waals surface area contributed by atoms with Crippen LogP contribution in [0.2, 0.25) is 0 Å². The van der Waals surface area contributed by atoms with E-state index in [1.807, 2.05) is 0 Å². The van der Waals surface area contributed by atoms with Crippen LogP contribution in [0.3, 0.4) is 0 Å². The second-order valence-corrected chi connectivity index (χ2v) is 10.9. The Hall–Kier alpha value is -5.07. The molecule has 0 spiro atoms. The Morgan fingerprint density at radius 3 is 2.47 bits per heavy atom. The fraction of sp³-hybridized carbons (Fsp3) is 0.250. The molecule has 1 N–H and O–H groups in total. The Balaban J connectivity index is 1.55. The molecule has 13 heteroatoms. The Bertz CT molecular complexity index is 2050. The number of alkyl halides is 3. The first kappa shape index (κ1) is 30.0. The SMILES string of the molecule is CC/C=C/C(=O)Nc1c(F)cc(C(=O)c2nc3c4c(cccn24)-c2c(C(F)(F)F)cc4c(nc(C)n4C)c2N(C)CC3)cc1F. The number of imidazole rings is 2. The number of fused-ring (bicyclic) bond motifs is 4. The molecule has 1 aliphatic heterocycles. The average molecular weight is 623 g/mol. The summed E-state index contributed by atoms with van der Waals surface area (Å²) in [7, 11) is 3.34. The molecule has 0 fully saturated rings. The number of nitrogens with zero attached hydrogens (tertiary/aromatic N) is 5. The predicted octanol–water partition coefficient (Wildman–Crippen LogP) is 6.62. The maximum atomic E-state index is 15.0. The number of carbonyl (C=O) groups excluding carboxylic acids is 2. The molecule has 5 aromatic rings. The number of allylic oxidation sites excluding steroid dienone is 1. The van der Waals surface area contributed by atoms with Gasteiger partial charge in [0.1, 0.15) is 28.7 Å². The summed E-state index contributed by atoms with van der Waals surface area (Å²) in [6.07, 6.45) is 0.197. The fourth-order valence-electron chi connectivity index (χ4n) is 5.77. The summed E-state index contributed by atoms with van der Waals surface area (Å²) in [5.74, 6) is -3.61. The van der Waals surface area contributed by atoms with Crippen molar-refractivity contribution in [2.24, 2.45) is 7.05 Å². The van der Waals surface area contributed by atoms with E-state index in [0.29, 0.717) is 34.7 Å². The van der Waals surface area contributed by atoms with E-state index >= 15 is 0 Å². The van der Waals surface area contributed by atoms with Crippen LogP contribution in [-0.4, -0.2) is 44.2 Å². The summed E-state index contributed by atoms with van der Waals surface area (Å²) in [6, 6.07) is 5.69. The monoisotopic (exact) mass is 622 g/mol. The highest BCUT2D eigenvalue weighted by atomic mass is 19.4. The molecule has 232 valence electrons. The van der Waals surface area contributed by atoms with Crippen molar-refractivity contribution in [2.75, 3.05) is 23.8 Å². The van der Waals surface area contributed by atoms with E-state index in [0.717, 1.165) is 24.3 Å². The van der Waals surface area contributed by atoms with Crippen LogP contribution in [0, 0.1) is 18.6 Å². The van der Waals surface area contributed by atoms with Crippen LogP contribution < -0.4 is 10.2 Å². The Labute approximate surface area is 253 Å². The highest BCUT2D eigenvalue weighted by molar-refractivity contribution is 6.09. The number of amides is 1. The van der Waals surface area contributed by atoms with Crippen LogP contribution in [0.1, 0.15) is 46.6 Å². The summed E-state index contributed by atoms with van der Waals surface area (Å²) >= 11 is 0. The second-order valence-electron chi connectivity index (χ2n) is 10.9. The third kappa shape index (κ3) is 4.92. The van der Waals surface area contributed by atoms with Crippen LogP contribution in [0.15, 0.2) is 48.7 Å². The second kappa shape index (κ2) is 10.8. The first-order valence-corrected chi connectivity index (χ1v) is 14.1. The average Bonchev–Trinajstić information content (AvgIpc) is 3.50. The number of pyridine rings is 1. The van der Waals surface area contributed by atoms with Crippen molar-refractivity contribution in [3.63, 3.8) is 0 Å². The summed E-state index contributed by atoms with van der Waals surface area (Å²) in [5, 5.41) is 2.13. The van der Waals surface area contributed by atoms with Crippen molar-refractivity contribution in [2.45, 2.75) is 32.9 Å². The molecule has 0 atom stereocenters. The summed E-state index contributed by atoms with van der Waals surface area (Å²) in [4.78, 5) is 36.5. The molecular weight excluding hydrogens is 595 g/mol. The van der Waals surface area contributed by atoms with E-state index in [-0.39, 0.29) is 41.0 Å². The number of anilines is 2. The molecule has 8 nitrogen and oxygen atoms in total. The summed E-state index contributed by atoms with van der Waals surface area (Å²) in [5.41, 5.74) is -0.219. The van der Waals surface area contributed by atoms with Gasteiger partial charge in [0.2, 0.25) is 11.7 Å². The van der Waals surface area contributed by atoms with E-state index in [9.17, 15) is 31.5 Å².